The van der Waals surface area contributed by atoms with Crippen LogP contribution in [0.5, 0.6) is 5.75 Å². The van der Waals surface area contributed by atoms with E-state index in [4.69, 9.17) is 0 Å². The molecule has 0 fully saturated rings. The first-order chi connectivity index (χ1) is 12.1. The molecule has 7 heteroatoms. The fraction of sp³-hybridized carbons (Fsp3) is 0.263. The van der Waals surface area contributed by atoms with Gasteiger partial charge in [-0.2, -0.15) is 0 Å². The highest BCUT2D eigenvalue weighted by Gasteiger charge is 2.30. The molecule has 2 aromatic carbocycles. The third-order valence-electron chi connectivity index (χ3n) is 3.78. The minimum Gasteiger partial charge on any atom is -0.406 e. The van der Waals surface area contributed by atoms with E-state index in [2.05, 4.69) is 10.1 Å². The number of carbonyl (C=O) groups excluding carboxylic acids is 2. The van der Waals surface area contributed by atoms with Crippen molar-refractivity contribution in [2.75, 3.05) is 5.32 Å². The lowest BCUT2D eigenvalue weighted by atomic mass is 10.0. The average Bonchev–Trinajstić information content (AvgIpc) is 2.55. The molecular formula is C19H18F3NO3. The minimum atomic E-state index is -4.76. The number of hydrogen-bond acceptors (Lipinski definition) is 3. The van der Waals surface area contributed by atoms with E-state index < -0.39 is 12.3 Å². The second kappa shape index (κ2) is 8.03. The lowest BCUT2D eigenvalue weighted by molar-refractivity contribution is -0.274. The van der Waals surface area contributed by atoms with Crippen molar-refractivity contribution in [2.45, 2.75) is 33.1 Å². The predicted molar refractivity (Wildman–Crippen MR) is 91.2 cm³/mol. The summed E-state index contributed by atoms with van der Waals surface area (Å²) in [4.78, 5) is 24.0. The highest BCUT2D eigenvalue weighted by atomic mass is 19.4. The first-order valence-corrected chi connectivity index (χ1v) is 7.90. The van der Waals surface area contributed by atoms with Gasteiger partial charge in [0.1, 0.15) is 5.75 Å². The number of anilines is 1. The Balaban J connectivity index is 1.86. The van der Waals surface area contributed by atoms with Crippen molar-refractivity contribution in [1.82, 2.24) is 0 Å². The lowest BCUT2D eigenvalue weighted by Gasteiger charge is -2.10. The van der Waals surface area contributed by atoms with Gasteiger partial charge in [-0.15, -0.1) is 13.2 Å². The summed E-state index contributed by atoms with van der Waals surface area (Å²) >= 11 is 0. The van der Waals surface area contributed by atoms with Crippen LogP contribution in [0.3, 0.4) is 0 Å². The van der Waals surface area contributed by atoms with Gasteiger partial charge in [0, 0.05) is 24.1 Å². The van der Waals surface area contributed by atoms with Gasteiger partial charge in [-0.25, -0.2) is 0 Å². The molecule has 0 atom stereocenters. The van der Waals surface area contributed by atoms with Crippen molar-refractivity contribution in [3.8, 4) is 5.75 Å². The molecule has 1 N–H and O–H groups in total. The zero-order valence-electron chi connectivity index (χ0n) is 14.3. The second-order valence-electron chi connectivity index (χ2n) is 5.84. The van der Waals surface area contributed by atoms with Gasteiger partial charge in [-0.1, -0.05) is 12.1 Å². The Morgan fingerprint density at radius 2 is 1.62 bits per heavy atom. The van der Waals surface area contributed by atoms with Crippen molar-refractivity contribution in [2.24, 2.45) is 0 Å². The van der Waals surface area contributed by atoms with Gasteiger partial charge >= 0.3 is 6.36 Å². The van der Waals surface area contributed by atoms with Gasteiger partial charge in [0.25, 0.3) is 0 Å². The molecule has 0 aliphatic carbocycles. The van der Waals surface area contributed by atoms with E-state index in [-0.39, 0.29) is 24.4 Å². The Kier molecular flexibility index (Phi) is 6.02. The summed E-state index contributed by atoms with van der Waals surface area (Å²) in [6.07, 6.45) is -4.74. The van der Waals surface area contributed by atoms with Crippen LogP contribution in [0, 0.1) is 13.8 Å². The first-order valence-electron chi connectivity index (χ1n) is 7.90. The summed E-state index contributed by atoms with van der Waals surface area (Å²) in [5, 5.41) is 2.53. The van der Waals surface area contributed by atoms with Gasteiger partial charge in [-0.05, 0) is 55.3 Å². The second-order valence-corrected chi connectivity index (χ2v) is 5.84. The van der Waals surface area contributed by atoms with Crippen molar-refractivity contribution < 1.29 is 27.5 Å². The number of Topliss-reactive ketones (excluding diaryl/α,β-unsaturated/α-hetero) is 1. The van der Waals surface area contributed by atoms with Gasteiger partial charge in [0.05, 0.1) is 0 Å². The third kappa shape index (κ3) is 5.91. The zero-order valence-corrected chi connectivity index (χ0v) is 14.3. The van der Waals surface area contributed by atoms with Gasteiger partial charge in [0.15, 0.2) is 5.78 Å². The maximum Gasteiger partial charge on any atom is 0.573 e. The largest absolute Gasteiger partial charge is 0.573 e. The standard InChI is InChI=1S/C19H18F3NO3/c1-12-3-4-14(11-13(12)2)17(24)9-10-18(25)23-15-5-7-16(8-6-15)26-19(20,21)22/h3-8,11H,9-10H2,1-2H3,(H,23,25). The number of ketones is 1. The van der Waals surface area contributed by atoms with E-state index in [9.17, 15) is 22.8 Å². The van der Waals surface area contributed by atoms with Crippen LogP contribution >= 0.6 is 0 Å². The molecule has 0 saturated carbocycles. The number of hydrogen-bond donors (Lipinski definition) is 1. The predicted octanol–water partition coefficient (Wildman–Crippen LogP) is 4.80. The number of amides is 1. The Bertz CT molecular complexity index is 799. The fourth-order valence-corrected chi connectivity index (χ4v) is 2.25. The highest BCUT2D eigenvalue weighted by Crippen LogP contribution is 2.24. The molecule has 0 bridgehead atoms. The van der Waals surface area contributed by atoms with Gasteiger partial charge < -0.3 is 10.1 Å². The summed E-state index contributed by atoms with van der Waals surface area (Å²) in [7, 11) is 0. The zero-order chi connectivity index (χ0) is 19.3. The molecule has 2 aromatic rings. The number of carbonyl (C=O) groups is 2. The SMILES string of the molecule is Cc1ccc(C(=O)CCC(=O)Nc2ccc(OC(F)(F)F)cc2)cc1C. The van der Waals surface area contributed by atoms with E-state index in [0.717, 1.165) is 23.3 Å². The number of aryl methyl sites for hydroxylation is 2. The number of alkyl halides is 3. The fourth-order valence-electron chi connectivity index (χ4n) is 2.25. The molecule has 0 heterocycles. The van der Waals surface area contributed by atoms with Crippen LogP contribution in [-0.2, 0) is 4.79 Å². The summed E-state index contributed by atoms with van der Waals surface area (Å²) in [6.45, 7) is 3.85. The molecule has 2 rings (SSSR count). The number of halogens is 3. The van der Waals surface area contributed by atoms with Crippen LogP contribution in [0.2, 0.25) is 0 Å². The molecule has 4 nitrogen and oxygen atoms in total. The topological polar surface area (TPSA) is 55.4 Å². The average molecular weight is 365 g/mol. The van der Waals surface area contributed by atoms with Crippen LogP contribution in [-0.4, -0.2) is 18.1 Å². The summed E-state index contributed by atoms with van der Waals surface area (Å²) in [5.41, 5.74) is 2.96. The molecule has 0 radical (unpaired) electrons. The Morgan fingerprint density at radius 3 is 2.19 bits per heavy atom. The monoisotopic (exact) mass is 365 g/mol. The molecule has 0 spiro atoms. The van der Waals surface area contributed by atoms with Crippen LogP contribution < -0.4 is 10.1 Å². The molecule has 0 aliphatic heterocycles. The molecule has 0 unspecified atom stereocenters. The molecule has 0 aliphatic rings. The number of benzene rings is 2. The van der Waals surface area contributed by atoms with Crippen LogP contribution in [0.1, 0.15) is 34.3 Å². The molecule has 0 saturated heterocycles. The van der Waals surface area contributed by atoms with Crippen molar-refractivity contribution in [1.29, 1.82) is 0 Å². The maximum atomic E-state index is 12.1. The molecular weight excluding hydrogens is 347 g/mol. The van der Waals surface area contributed by atoms with E-state index in [1.807, 2.05) is 19.9 Å². The van der Waals surface area contributed by atoms with Crippen LogP contribution in [0.15, 0.2) is 42.5 Å². The smallest absolute Gasteiger partial charge is 0.406 e. The summed E-state index contributed by atoms with van der Waals surface area (Å²) in [5.74, 6) is -0.913. The van der Waals surface area contributed by atoms with E-state index >= 15 is 0 Å². The molecule has 138 valence electrons. The van der Waals surface area contributed by atoms with Gasteiger partial charge in [-0.3, -0.25) is 9.59 Å². The number of nitrogens with one attached hydrogen (secondary N) is 1. The summed E-state index contributed by atoms with van der Waals surface area (Å²) in [6, 6.07) is 10.2. The van der Waals surface area contributed by atoms with Gasteiger partial charge in [0.2, 0.25) is 5.91 Å². The maximum absolute atomic E-state index is 12.1. The van der Waals surface area contributed by atoms with E-state index in [0.29, 0.717) is 11.3 Å². The van der Waals surface area contributed by atoms with Crippen molar-refractivity contribution >= 4 is 17.4 Å². The molecule has 1 amide bonds. The van der Waals surface area contributed by atoms with Crippen LogP contribution in [0.25, 0.3) is 0 Å². The van der Waals surface area contributed by atoms with Crippen molar-refractivity contribution in [3.63, 3.8) is 0 Å². The molecule has 0 aromatic heterocycles. The quantitative estimate of drug-likeness (QED) is 0.748. The summed E-state index contributed by atoms with van der Waals surface area (Å²) < 4.78 is 40.0. The Labute approximate surface area is 149 Å². The first kappa shape index (κ1) is 19.5. The number of rotatable bonds is 6. The number of ether oxygens (including phenoxy) is 1. The van der Waals surface area contributed by atoms with E-state index in [1.54, 1.807) is 12.1 Å². The third-order valence-corrected chi connectivity index (χ3v) is 3.78. The van der Waals surface area contributed by atoms with Crippen LogP contribution in [0.4, 0.5) is 18.9 Å². The highest BCUT2D eigenvalue weighted by molar-refractivity contribution is 6.00. The Hall–Kier alpha value is -2.83. The van der Waals surface area contributed by atoms with E-state index in [1.165, 1.54) is 12.1 Å². The Morgan fingerprint density at radius 1 is 0.962 bits per heavy atom. The normalized spacial score (nSPS) is 11.1. The van der Waals surface area contributed by atoms with Crippen molar-refractivity contribution in [3.05, 3.63) is 59.2 Å². The molecule has 26 heavy (non-hydrogen) atoms. The lowest BCUT2D eigenvalue weighted by Crippen LogP contribution is -2.17. The minimum absolute atomic E-state index is 0.0213.